The molecule has 1 aromatic carbocycles. The molecule has 0 spiro atoms. The van der Waals surface area contributed by atoms with E-state index in [1.807, 2.05) is 0 Å². The zero-order chi connectivity index (χ0) is 14.0. The molecular formula is C17H23NO2. The number of nitrogens with one attached hydrogen (secondary N) is 1. The molecule has 0 atom stereocenters. The molecule has 2 aliphatic rings. The average molecular weight is 273 g/mol. The quantitative estimate of drug-likeness (QED) is 0.914. The number of amides is 1. The Balaban J connectivity index is 1.55. The van der Waals surface area contributed by atoms with E-state index >= 15 is 0 Å². The van der Waals surface area contributed by atoms with Crippen LogP contribution in [0.3, 0.4) is 0 Å². The summed E-state index contributed by atoms with van der Waals surface area (Å²) in [6, 6.07) is 6.54. The first-order valence-electron chi connectivity index (χ1n) is 7.60. The molecule has 1 aliphatic carbocycles. The lowest BCUT2D eigenvalue weighted by Crippen LogP contribution is -2.48. The molecule has 1 fully saturated rings. The molecule has 1 N–H and O–H groups in total. The fourth-order valence-electron chi connectivity index (χ4n) is 3.01. The van der Waals surface area contributed by atoms with Crippen molar-refractivity contribution in [2.24, 2.45) is 5.41 Å². The van der Waals surface area contributed by atoms with Crippen LogP contribution in [0, 0.1) is 5.41 Å². The maximum atomic E-state index is 12.0. The maximum absolute atomic E-state index is 12.0. The van der Waals surface area contributed by atoms with E-state index in [4.69, 9.17) is 4.74 Å². The van der Waals surface area contributed by atoms with E-state index in [9.17, 15) is 4.79 Å². The Morgan fingerprint density at radius 2 is 2.00 bits per heavy atom. The maximum Gasteiger partial charge on any atom is 0.224 e. The molecule has 20 heavy (non-hydrogen) atoms. The summed E-state index contributed by atoms with van der Waals surface area (Å²) in [5, 5.41) is 3.03. The highest BCUT2D eigenvalue weighted by Gasteiger charge is 2.33. The van der Waals surface area contributed by atoms with Crippen molar-refractivity contribution < 1.29 is 9.53 Å². The van der Waals surface area contributed by atoms with Gasteiger partial charge in [0.25, 0.3) is 0 Å². The van der Waals surface area contributed by atoms with Crippen molar-refractivity contribution in [1.82, 2.24) is 5.32 Å². The van der Waals surface area contributed by atoms with Gasteiger partial charge in [0.15, 0.2) is 0 Å². The van der Waals surface area contributed by atoms with Crippen LogP contribution in [-0.2, 0) is 28.8 Å². The highest BCUT2D eigenvalue weighted by atomic mass is 16.5. The van der Waals surface area contributed by atoms with Crippen molar-refractivity contribution in [2.75, 3.05) is 19.8 Å². The summed E-state index contributed by atoms with van der Waals surface area (Å²) in [6.45, 7) is 4.38. The standard InChI is InChI=1S/C17H23NO2/c1-17(11-20-12-17)10-18-16(19)9-13-6-7-14-4-2-3-5-15(14)8-13/h6-8H,2-5,9-12H2,1H3,(H,18,19). The Kier molecular flexibility index (Phi) is 3.79. The van der Waals surface area contributed by atoms with Gasteiger partial charge in [-0.3, -0.25) is 4.79 Å². The van der Waals surface area contributed by atoms with E-state index in [1.165, 1.54) is 36.8 Å². The highest BCUT2D eigenvalue weighted by Crippen LogP contribution is 2.25. The van der Waals surface area contributed by atoms with Gasteiger partial charge in [0.05, 0.1) is 19.6 Å². The number of rotatable bonds is 4. The zero-order valence-electron chi connectivity index (χ0n) is 12.2. The molecular weight excluding hydrogens is 250 g/mol. The van der Waals surface area contributed by atoms with Crippen LogP contribution < -0.4 is 5.32 Å². The number of benzene rings is 1. The minimum Gasteiger partial charge on any atom is -0.380 e. The Labute approximate surface area is 120 Å². The van der Waals surface area contributed by atoms with Crippen LogP contribution in [0.5, 0.6) is 0 Å². The zero-order valence-corrected chi connectivity index (χ0v) is 12.2. The normalized spacial score (nSPS) is 19.9. The third kappa shape index (κ3) is 3.04. The van der Waals surface area contributed by atoms with Crippen molar-refractivity contribution in [3.8, 4) is 0 Å². The fourth-order valence-corrected chi connectivity index (χ4v) is 3.01. The lowest BCUT2D eigenvalue weighted by Gasteiger charge is -2.38. The van der Waals surface area contributed by atoms with Crippen LogP contribution in [-0.4, -0.2) is 25.7 Å². The van der Waals surface area contributed by atoms with Crippen molar-refractivity contribution >= 4 is 5.91 Å². The summed E-state index contributed by atoms with van der Waals surface area (Å²) >= 11 is 0. The smallest absolute Gasteiger partial charge is 0.224 e. The summed E-state index contributed by atoms with van der Waals surface area (Å²) in [7, 11) is 0. The minimum absolute atomic E-state index is 0.119. The molecule has 1 aromatic rings. The molecule has 1 aliphatic heterocycles. The van der Waals surface area contributed by atoms with Gasteiger partial charge >= 0.3 is 0 Å². The van der Waals surface area contributed by atoms with Crippen LogP contribution in [0.15, 0.2) is 18.2 Å². The average Bonchev–Trinajstić information content (AvgIpc) is 2.43. The number of ether oxygens (including phenoxy) is 1. The third-order valence-corrected chi connectivity index (χ3v) is 4.39. The predicted octanol–water partition coefficient (Wildman–Crippen LogP) is 2.26. The molecule has 1 heterocycles. The number of carbonyl (C=O) groups is 1. The molecule has 0 unspecified atom stereocenters. The summed E-state index contributed by atoms with van der Waals surface area (Å²) in [5.74, 6) is 0.119. The number of hydrogen-bond acceptors (Lipinski definition) is 2. The van der Waals surface area contributed by atoms with Gasteiger partial charge in [-0.25, -0.2) is 0 Å². The van der Waals surface area contributed by atoms with Gasteiger partial charge in [-0.1, -0.05) is 25.1 Å². The van der Waals surface area contributed by atoms with Gasteiger partial charge in [-0.2, -0.15) is 0 Å². The molecule has 0 bridgehead atoms. The Morgan fingerprint density at radius 1 is 1.25 bits per heavy atom. The first-order valence-corrected chi connectivity index (χ1v) is 7.60. The number of fused-ring (bicyclic) bond motifs is 1. The Bertz CT molecular complexity index is 506. The van der Waals surface area contributed by atoms with Gasteiger partial charge in [-0.15, -0.1) is 0 Å². The van der Waals surface area contributed by atoms with Crippen molar-refractivity contribution in [3.05, 3.63) is 34.9 Å². The van der Waals surface area contributed by atoms with E-state index < -0.39 is 0 Å². The van der Waals surface area contributed by atoms with E-state index in [2.05, 4.69) is 30.4 Å². The fraction of sp³-hybridized carbons (Fsp3) is 0.588. The summed E-state index contributed by atoms with van der Waals surface area (Å²) in [6.07, 6.45) is 5.43. The summed E-state index contributed by atoms with van der Waals surface area (Å²) in [5.41, 5.74) is 4.20. The molecule has 1 saturated heterocycles. The lowest BCUT2D eigenvalue weighted by molar-refractivity contribution is -0.126. The number of carbonyl (C=O) groups excluding carboxylic acids is 1. The minimum atomic E-state index is 0.119. The molecule has 3 heteroatoms. The van der Waals surface area contributed by atoms with E-state index in [-0.39, 0.29) is 11.3 Å². The summed E-state index contributed by atoms with van der Waals surface area (Å²) < 4.78 is 5.20. The van der Waals surface area contributed by atoms with Crippen molar-refractivity contribution in [2.45, 2.75) is 39.0 Å². The van der Waals surface area contributed by atoms with Crippen molar-refractivity contribution in [3.63, 3.8) is 0 Å². The first kappa shape index (κ1) is 13.6. The van der Waals surface area contributed by atoms with Crippen LogP contribution >= 0.6 is 0 Å². The summed E-state index contributed by atoms with van der Waals surface area (Å²) in [4.78, 5) is 12.0. The second kappa shape index (κ2) is 5.57. The third-order valence-electron chi connectivity index (χ3n) is 4.39. The van der Waals surface area contributed by atoms with Gasteiger partial charge in [-0.05, 0) is 42.4 Å². The topological polar surface area (TPSA) is 38.3 Å². The monoisotopic (exact) mass is 273 g/mol. The second-order valence-electron chi connectivity index (χ2n) is 6.57. The molecule has 0 radical (unpaired) electrons. The van der Waals surface area contributed by atoms with E-state index in [0.29, 0.717) is 6.42 Å². The number of aryl methyl sites for hydroxylation is 2. The SMILES string of the molecule is CC1(CNC(=O)Cc2ccc3c(c2)CCCC3)COC1. The van der Waals surface area contributed by atoms with Crippen LogP contribution in [0.2, 0.25) is 0 Å². The Hall–Kier alpha value is -1.35. The molecule has 3 nitrogen and oxygen atoms in total. The lowest BCUT2D eigenvalue weighted by atomic mass is 9.88. The molecule has 3 rings (SSSR count). The predicted molar refractivity (Wildman–Crippen MR) is 78.7 cm³/mol. The first-order chi connectivity index (χ1) is 9.65. The van der Waals surface area contributed by atoms with Crippen LogP contribution in [0.4, 0.5) is 0 Å². The van der Waals surface area contributed by atoms with Gasteiger partial charge in [0.2, 0.25) is 5.91 Å². The van der Waals surface area contributed by atoms with E-state index in [1.54, 1.807) is 0 Å². The van der Waals surface area contributed by atoms with Crippen LogP contribution in [0.1, 0.15) is 36.5 Å². The Morgan fingerprint density at radius 3 is 2.70 bits per heavy atom. The molecule has 108 valence electrons. The highest BCUT2D eigenvalue weighted by molar-refractivity contribution is 5.78. The number of hydrogen-bond donors (Lipinski definition) is 1. The van der Waals surface area contributed by atoms with E-state index in [0.717, 1.165) is 25.3 Å². The van der Waals surface area contributed by atoms with Gasteiger partial charge < -0.3 is 10.1 Å². The second-order valence-corrected chi connectivity index (χ2v) is 6.57. The van der Waals surface area contributed by atoms with Gasteiger partial charge in [0, 0.05) is 12.0 Å². The van der Waals surface area contributed by atoms with Crippen molar-refractivity contribution in [1.29, 1.82) is 0 Å². The molecule has 0 saturated carbocycles. The van der Waals surface area contributed by atoms with Gasteiger partial charge in [0.1, 0.15) is 0 Å². The molecule has 0 aromatic heterocycles. The largest absolute Gasteiger partial charge is 0.380 e. The van der Waals surface area contributed by atoms with Crippen LogP contribution in [0.25, 0.3) is 0 Å². The molecule has 1 amide bonds.